The lowest BCUT2D eigenvalue weighted by Crippen LogP contribution is -2.44. The molecular formula is C21H26ClN5O3. The molecule has 0 saturated carbocycles. The second-order valence-electron chi connectivity index (χ2n) is 7.02. The summed E-state index contributed by atoms with van der Waals surface area (Å²) in [7, 11) is 0. The standard InChI is InChI=1S/C21H26ClN5O3/c1-13(21(29)30)11-18(25-20(28)19(23)26-27-24)10-7-14-5-8-15(9-6-14)16-3-2-4-17(22)12-16/h2-6,8-9,12-13,18,27H,7,10-11,24H2,1H3,(H2,23,26)(H,25,28)(H,29,30). The first kappa shape index (κ1) is 23.2. The van der Waals surface area contributed by atoms with E-state index in [-0.39, 0.29) is 18.3 Å². The average molecular weight is 432 g/mol. The molecule has 7 N–H and O–H groups in total. The number of hydrazine groups is 1. The molecule has 160 valence electrons. The summed E-state index contributed by atoms with van der Waals surface area (Å²) in [6.07, 6.45) is 1.47. The Balaban J connectivity index is 2.05. The van der Waals surface area contributed by atoms with Gasteiger partial charge in [-0.1, -0.05) is 54.9 Å². The summed E-state index contributed by atoms with van der Waals surface area (Å²) in [5.74, 6) is 2.56. The van der Waals surface area contributed by atoms with Gasteiger partial charge in [-0.2, -0.15) is 0 Å². The number of carboxylic acids is 1. The van der Waals surface area contributed by atoms with Crippen molar-refractivity contribution in [1.29, 1.82) is 0 Å². The van der Waals surface area contributed by atoms with Crippen molar-refractivity contribution in [1.82, 2.24) is 10.9 Å². The lowest BCUT2D eigenvalue weighted by molar-refractivity contribution is -0.141. The van der Waals surface area contributed by atoms with Gasteiger partial charge in [-0.25, -0.2) is 11.4 Å². The zero-order chi connectivity index (χ0) is 22.1. The maximum Gasteiger partial charge on any atom is 0.306 e. The van der Waals surface area contributed by atoms with Gasteiger partial charge < -0.3 is 16.2 Å². The Hall–Kier alpha value is -3.10. The third kappa shape index (κ3) is 7.06. The summed E-state index contributed by atoms with van der Waals surface area (Å²) in [5, 5.41) is 16.1. The van der Waals surface area contributed by atoms with Crippen molar-refractivity contribution < 1.29 is 14.7 Å². The summed E-state index contributed by atoms with van der Waals surface area (Å²) in [5.41, 5.74) is 10.6. The Kier molecular flexibility index (Phi) is 8.64. The predicted molar refractivity (Wildman–Crippen MR) is 118 cm³/mol. The fraction of sp³-hybridized carbons (Fsp3) is 0.286. The highest BCUT2D eigenvalue weighted by Crippen LogP contribution is 2.23. The first-order chi connectivity index (χ1) is 14.3. The Morgan fingerprint density at radius 2 is 1.87 bits per heavy atom. The number of carboxylic acid groups (broad SMARTS) is 1. The molecule has 0 aliphatic heterocycles. The molecule has 30 heavy (non-hydrogen) atoms. The maximum atomic E-state index is 12.1. The van der Waals surface area contributed by atoms with Gasteiger partial charge in [0.25, 0.3) is 5.91 Å². The monoisotopic (exact) mass is 431 g/mol. The van der Waals surface area contributed by atoms with Crippen LogP contribution in [0.25, 0.3) is 11.1 Å². The molecule has 0 saturated heterocycles. The van der Waals surface area contributed by atoms with Crippen LogP contribution in [0.2, 0.25) is 5.02 Å². The number of carbonyl (C=O) groups is 2. The van der Waals surface area contributed by atoms with E-state index < -0.39 is 17.8 Å². The van der Waals surface area contributed by atoms with Crippen LogP contribution < -0.4 is 22.4 Å². The zero-order valence-corrected chi connectivity index (χ0v) is 17.4. The number of aliphatic carboxylic acids is 1. The molecule has 0 radical (unpaired) electrons. The third-order valence-corrected chi connectivity index (χ3v) is 4.94. The van der Waals surface area contributed by atoms with E-state index in [1.165, 1.54) is 0 Å². The van der Waals surface area contributed by atoms with Crippen LogP contribution in [0.4, 0.5) is 0 Å². The summed E-state index contributed by atoms with van der Waals surface area (Å²) in [6, 6.07) is 15.2. The minimum Gasteiger partial charge on any atom is -0.481 e. The maximum absolute atomic E-state index is 12.1. The van der Waals surface area contributed by atoms with Gasteiger partial charge in [0.1, 0.15) is 0 Å². The van der Waals surface area contributed by atoms with Gasteiger partial charge in [0.05, 0.1) is 5.92 Å². The smallest absolute Gasteiger partial charge is 0.306 e. The van der Waals surface area contributed by atoms with E-state index in [9.17, 15) is 14.7 Å². The molecule has 2 atom stereocenters. The van der Waals surface area contributed by atoms with Crippen molar-refractivity contribution in [2.75, 3.05) is 0 Å². The SMILES string of the molecule is CC(CC(CCc1ccc(-c2cccc(Cl)c2)cc1)NC(=O)C(N)=NNN)C(=O)O. The summed E-state index contributed by atoms with van der Waals surface area (Å²) in [6.45, 7) is 1.60. The Morgan fingerprint density at radius 1 is 1.17 bits per heavy atom. The molecular weight excluding hydrogens is 406 g/mol. The van der Waals surface area contributed by atoms with E-state index in [0.717, 1.165) is 16.7 Å². The van der Waals surface area contributed by atoms with Crippen LogP contribution >= 0.6 is 11.6 Å². The molecule has 2 aromatic rings. The van der Waals surface area contributed by atoms with Crippen molar-refractivity contribution in [3.8, 4) is 11.1 Å². The highest BCUT2D eigenvalue weighted by atomic mass is 35.5. The van der Waals surface area contributed by atoms with E-state index in [1.807, 2.05) is 54.1 Å². The van der Waals surface area contributed by atoms with Crippen molar-refractivity contribution in [3.63, 3.8) is 0 Å². The number of nitrogens with one attached hydrogen (secondary N) is 2. The quantitative estimate of drug-likeness (QED) is 0.178. The highest BCUT2D eigenvalue weighted by molar-refractivity contribution is 6.37. The Labute approximate surface area is 180 Å². The molecule has 0 aliphatic rings. The first-order valence-corrected chi connectivity index (χ1v) is 9.85. The number of hydrogen-bond acceptors (Lipinski definition) is 5. The third-order valence-electron chi connectivity index (χ3n) is 4.71. The lowest BCUT2D eigenvalue weighted by Gasteiger charge is -2.20. The van der Waals surface area contributed by atoms with E-state index in [4.69, 9.17) is 23.2 Å². The molecule has 0 heterocycles. The number of aryl methyl sites for hydroxylation is 1. The molecule has 0 spiro atoms. The van der Waals surface area contributed by atoms with Gasteiger partial charge in [0.15, 0.2) is 0 Å². The van der Waals surface area contributed by atoms with Gasteiger partial charge in [-0.3, -0.25) is 9.59 Å². The molecule has 0 bridgehead atoms. The van der Waals surface area contributed by atoms with Gasteiger partial charge in [-0.15, -0.1) is 5.10 Å². The van der Waals surface area contributed by atoms with Crippen LogP contribution in [0.1, 0.15) is 25.3 Å². The van der Waals surface area contributed by atoms with Crippen molar-refractivity contribution in [3.05, 3.63) is 59.1 Å². The van der Waals surface area contributed by atoms with Crippen LogP contribution in [-0.4, -0.2) is 28.9 Å². The number of halogens is 1. The van der Waals surface area contributed by atoms with E-state index >= 15 is 0 Å². The van der Waals surface area contributed by atoms with Gasteiger partial charge in [0, 0.05) is 11.1 Å². The fourth-order valence-corrected chi connectivity index (χ4v) is 3.22. The van der Waals surface area contributed by atoms with E-state index in [1.54, 1.807) is 6.92 Å². The molecule has 2 rings (SSSR count). The number of hydrogen-bond donors (Lipinski definition) is 5. The number of benzene rings is 2. The highest BCUT2D eigenvalue weighted by Gasteiger charge is 2.21. The number of nitrogens with two attached hydrogens (primary N) is 2. The average Bonchev–Trinajstić information content (AvgIpc) is 2.72. The molecule has 0 aromatic heterocycles. The van der Waals surface area contributed by atoms with Gasteiger partial charge in [0.2, 0.25) is 5.84 Å². The topological polar surface area (TPSA) is 143 Å². The number of rotatable bonds is 9. The van der Waals surface area contributed by atoms with Crippen LogP contribution in [0.3, 0.4) is 0 Å². The van der Waals surface area contributed by atoms with Gasteiger partial charge in [-0.05, 0) is 48.1 Å². The second kappa shape index (κ2) is 11.2. The van der Waals surface area contributed by atoms with Crippen LogP contribution in [0.5, 0.6) is 0 Å². The molecule has 2 unspecified atom stereocenters. The number of amidine groups is 1. The minimum atomic E-state index is -0.926. The van der Waals surface area contributed by atoms with E-state index in [2.05, 4.69) is 10.4 Å². The van der Waals surface area contributed by atoms with Crippen molar-refractivity contribution in [2.45, 2.75) is 32.2 Å². The molecule has 2 aromatic carbocycles. The Bertz CT molecular complexity index is 902. The fourth-order valence-electron chi connectivity index (χ4n) is 3.03. The number of amides is 1. The van der Waals surface area contributed by atoms with E-state index in [0.29, 0.717) is 17.9 Å². The normalized spacial score (nSPS) is 13.4. The second-order valence-corrected chi connectivity index (χ2v) is 7.45. The Morgan fingerprint density at radius 3 is 2.47 bits per heavy atom. The largest absolute Gasteiger partial charge is 0.481 e. The van der Waals surface area contributed by atoms with Crippen LogP contribution in [0.15, 0.2) is 53.6 Å². The van der Waals surface area contributed by atoms with Crippen LogP contribution in [-0.2, 0) is 16.0 Å². The number of nitrogens with zero attached hydrogens (tertiary/aromatic N) is 1. The molecule has 8 nitrogen and oxygen atoms in total. The number of carbonyl (C=O) groups excluding carboxylic acids is 1. The molecule has 9 heteroatoms. The zero-order valence-electron chi connectivity index (χ0n) is 16.6. The summed E-state index contributed by atoms with van der Waals surface area (Å²) < 4.78 is 0. The van der Waals surface area contributed by atoms with Crippen molar-refractivity contribution in [2.24, 2.45) is 22.6 Å². The summed E-state index contributed by atoms with van der Waals surface area (Å²) in [4.78, 5) is 23.3. The molecule has 0 aliphatic carbocycles. The predicted octanol–water partition coefficient (Wildman–Crippen LogP) is 2.27. The van der Waals surface area contributed by atoms with Gasteiger partial charge >= 0.3 is 5.97 Å². The lowest BCUT2D eigenvalue weighted by atomic mass is 9.95. The summed E-state index contributed by atoms with van der Waals surface area (Å²) >= 11 is 6.05. The molecule has 0 fully saturated rings. The number of hydrazone groups is 1. The molecule has 1 amide bonds. The van der Waals surface area contributed by atoms with Crippen LogP contribution in [0, 0.1) is 5.92 Å². The van der Waals surface area contributed by atoms with Crippen molar-refractivity contribution >= 4 is 29.3 Å². The first-order valence-electron chi connectivity index (χ1n) is 9.47. The minimum absolute atomic E-state index is 0.269.